The second-order valence-electron chi connectivity index (χ2n) is 4.81. The van der Waals surface area contributed by atoms with Gasteiger partial charge in [-0.05, 0) is 39.0 Å². The Kier molecular flexibility index (Phi) is 4.19. The number of benzene rings is 1. The van der Waals surface area contributed by atoms with Crippen molar-refractivity contribution in [3.63, 3.8) is 0 Å². The number of hydrogen-bond donors (Lipinski definition) is 3. The number of methoxy groups -OCH3 is 1. The zero-order valence-corrected chi connectivity index (χ0v) is 11.2. The Morgan fingerprint density at radius 1 is 1.50 bits per heavy atom. The first-order valence-electron chi connectivity index (χ1n) is 5.72. The van der Waals surface area contributed by atoms with Crippen molar-refractivity contribution in [1.29, 1.82) is 0 Å². The number of carbonyl (C=O) groups excluding carboxylic acids is 1. The van der Waals surface area contributed by atoms with Gasteiger partial charge in [0, 0.05) is 5.56 Å². The maximum atomic E-state index is 12.0. The Bertz CT molecular complexity index is 442. The van der Waals surface area contributed by atoms with Crippen LogP contribution in [0.5, 0.6) is 5.75 Å². The second-order valence-corrected chi connectivity index (χ2v) is 4.81. The third-order valence-corrected chi connectivity index (χ3v) is 2.97. The molecule has 1 unspecified atom stereocenters. The molecule has 18 heavy (non-hydrogen) atoms. The first-order valence-corrected chi connectivity index (χ1v) is 5.72. The third-order valence-electron chi connectivity index (χ3n) is 2.97. The summed E-state index contributed by atoms with van der Waals surface area (Å²) in [6, 6.07) is 4.81. The summed E-state index contributed by atoms with van der Waals surface area (Å²) in [4.78, 5) is 12.0. The molecule has 1 rings (SSSR count). The summed E-state index contributed by atoms with van der Waals surface area (Å²) in [6.07, 6.45) is -0.656. The number of aliphatic hydroxyl groups is 1. The van der Waals surface area contributed by atoms with Crippen LogP contribution in [0.3, 0.4) is 0 Å². The zero-order chi connectivity index (χ0) is 13.9. The van der Waals surface area contributed by atoms with E-state index in [2.05, 4.69) is 5.32 Å². The van der Waals surface area contributed by atoms with Crippen LogP contribution in [-0.2, 0) is 0 Å². The molecule has 0 spiro atoms. The molecule has 0 fully saturated rings. The van der Waals surface area contributed by atoms with Crippen LogP contribution in [0, 0.1) is 0 Å². The molecular weight excluding hydrogens is 232 g/mol. The molecule has 4 N–H and O–H groups in total. The van der Waals surface area contributed by atoms with E-state index in [0.29, 0.717) is 17.0 Å². The molecule has 1 aromatic rings. The van der Waals surface area contributed by atoms with E-state index in [1.165, 1.54) is 7.11 Å². The Morgan fingerprint density at radius 3 is 2.56 bits per heavy atom. The average Bonchev–Trinajstić information content (AvgIpc) is 2.28. The predicted octanol–water partition coefficient (Wildman–Crippen LogP) is 1.17. The summed E-state index contributed by atoms with van der Waals surface area (Å²) >= 11 is 0. The molecule has 0 saturated carbocycles. The highest BCUT2D eigenvalue weighted by Gasteiger charge is 2.26. The Labute approximate surface area is 107 Å². The second kappa shape index (κ2) is 5.27. The lowest BCUT2D eigenvalue weighted by Crippen LogP contribution is -2.50. The number of nitrogens with one attached hydrogen (secondary N) is 1. The minimum Gasteiger partial charge on any atom is -0.495 e. The van der Waals surface area contributed by atoms with Crippen molar-refractivity contribution >= 4 is 11.6 Å². The zero-order valence-electron chi connectivity index (χ0n) is 11.2. The highest BCUT2D eigenvalue weighted by atomic mass is 16.5. The molecule has 1 aromatic carbocycles. The van der Waals surface area contributed by atoms with E-state index in [4.69, 9.17) is 10.5 Å². The topological polar surface area (TPSA) is 84.6 Å². The molecule has 0 radical (unpaired) electrons. The number of nitrogen functional groups attached to an aromatic ring is 1. The van der Waals surface area contributed by atoms with Gasteiger partial charge in [0.1, 0.15) is 5.75 Å². The molecule has 0 aliphatic carbocycles. The average molecular weight is 252 g/mol. The van der Waals surface area contributed by atoms with Gasteiger partial charge in [-0.15, -0.1) is 0 Å². The van der Waals surface area contributed by atoms with Gasteiger partial charge in [0.25, 0.3) is 5.91 Å². The monoisotopic (exact) mass is 252 g/mol. The summed E-state index contributed by atoms with van der Waals surface area (Å²) in [7, 11) is 1.52. The lowest BCUT2D eigenvalue weighted by atomic mass is 9.98. The smallest absolute Gasteiger partial charge is 0.251 e. The van der Waals surface area contributed by atoms with E-state index in [0.717, 1.165) is 0 Å². The van der Waals surface area contributed by atoms with Crippen LogP contribution in [0.2, 0.25) is 0 Å². The SMILES string of the molecule is COc1ccc(C(=O)NC(C)(C)C(C)O)cc1N. The molecule has 1 amide bonds. The van der Waals surface area contributed by atoms with Crippen LogP contribution in [0.15, 0.2) is 18.2 Å². The fraction of sp³-hybridized carbons (Fsp3) is 0.462. The Morgan fingerprint density at radius 2 is 2.11 bits per heavy atom. The van der Waals surface area contributed by atoms with Crippen LogP contribution in [-0.4, -0.2) is 29.8 Å². The van der Waals surface area contributed by atoms with Gasteiger partial charge in [0.15, 0.2) is 0 Å². The highest BCUT2D eigenvalue weighted by Crippen LogP contribution is 2.22. The number of hydrogen-bond acceptors (Lipinski definition) is 4. The molecule has 0 heterocycles. The van der Waals surface area contributed by atoms with Gasteiger partial charge in [-0.2, -0.15) is 0 Å². The summed E-state index contributed by atoms with van der Waals surface area (Å²) in [5.74, 6) is 0.247. The minimum atomic E-state index is -0.703. The summed E-state index contributed by atoms with van der Waals surface area (Å²) < 4.78 is 5.02. The summed E-state index contributed by atoms with van der Waals surface area (Å²) in [5, 5.41) is 12.3. The molecule has 5 nitrogen and oxygen atoms in total. The largest absolute Gasteiger partial charge is 0.495 e. The van der Waals surface area contributed by atoms with E-state index >= 15 is 0 Å². The van der Waals surface area contributed by atoms with E-state index in [1.54, 1.807) is 39.0 Å². The van der Waals surface area contributed by atoms with Gasteiger partial charge in [-0.1, -0.05) is 0 Å². The molecule has 0 aliphatic rings. The lowest BCUT2D eigenvalue weighted by Gasteiger charge is -2.29. The molecule has 0 aromatic heterocycles. The molecule has 100 valence electrons. The van der Waals surface area contributed by atoms with Crippen LogP contribution < -0.4 is 15.8 Å². The third kappa shape index (κ3) is 3.13. The van der Waals surface area contributed by atoms with E-state index in [-0.39, 0.29) is 5.91 Å². The van der Waals surface area contributed by atoms with Gasteiger partial charge < -0.3 is 20.9 Å². The maximum Gasteiger partial charge on any atom is 0.251 e. The number of carbonyl (C=O) groups is 1. The van der Waals surface area contributed by atoms with E-state index in [9.17, 15) is 9.90 Å². The molecule has 1 atom stereocenters. The number of rotatable bonds is 4. The van der Waals surface area contributed by atoms with Crippen LogP contribution in [0.1, 0.15) is 31.1 Å². The van der Waals surface area contributed by atoms with Gasteiger partial charge in [-0.25, -0.2) is 0 Å². The molecule has 0 bridgehead atoms. The van der Waals surface area contributed by atoms with E-state index < -0.39 is 11.6 Å². The standard InChI is InChI=1S/C13H20N2O3/c1-8(16)13(2,3)15-12(17)9-5-6-11(18-4)10(14)7-9/h5-8,16H,14H2,1-4H3,(H,15,17). The van der Waals surface area contributed by atoms with Gasteiger partial charge >= 0.3 is 0 Å². The number of amides is 1. The normalized spacial score (nSPS) is 12.9. The van der Waals surface area contributed by atoms with Gasteiger partial charge in [-0.3, -0.25) is 4.79 Å². The molecular formula is C13H20N2O3. The number of aliphatic hydroxyl groups excluding tert-OH is 1. The molecule has 5 heteroatoms. The Hall–Kier alpha value is -1.75. The number of ether oxygens (including phenoxy) is 1. The van der Waals surface area contributed by atoms with Gasteiger partial charge in [0.2, 0.25) is 0 Å². The van der Waals surface area contributed by atoms with Crippen molar-refractivity contribution in [2.45, 2.75) is 32.4 Å². The highest BCUT2D eigenvalue weighted by molar-refractivity contribution is 5.96. The van der Waals surface area contributed by atoms with Crippen molar-refractivity contribution in [1.82, 2.24) is 5.32 Å². The van der Waals surface area contributed by atoms with Crippen molar-refractivity contribution in [2.24, 2.45) is 0 Å². The maximum absolute atomic E-state index is 12.0. The van der Waals surface area contributed by atoms with Crippen LogP contribution >= 0.6 is 0 Å². The van der Waals surface area contributed by atoms with Crippen molar-refractivity contribution in [2.75, 3.05) is 12.8 Å². The predicted molar refractivity (Wildman–Crippen MR) is 70.6 cm³/mol. The number of anilines is 1. The van der Waals surface area contributed by atoms with Crippen molar-refractivity contribution < 1.29 is 14.6 Å². The van der Waals surface area contributed by atoms with E-state index in [1.807, 2.05) is 0 Å². The minimum absolute atomic E-state index is 0.282. The van der Waals surface area contributed by atoms with Crippen LogP contribution in [0.4, 0.5) is 5.69 Å². The van der Waals surface area contributed by atoms with Crippen LogP contribution in [0.25, 0.3) is 0 Å². The molecule has 0 saturated heterocycles. The quantitative estimate of drug-likeness (QED) is 0.702. The summed E-state index contributed by atoms with van der Waals surface area (Å²) in [6.45, 7) is 5.13. The first kappa shape index (κ1) is 14.3. The Balaban J connectivity index is 2.89. The fourth-order valence-corrected chi connectivity index (χ4v) is 1.34. The molecule has 0 aliphatic heterocycles. The first-order chi connectivity index (χ1) is 8.27. The lowest BCUT2D eigenvalue weighted by molar-refractivity contribution is 0.0709. The van der Waals surface area contributed by atoms with Crippen molar-refractivity contribution in [3.8, 4) is 5.75 Å². The number of nitrogens with two attached hydrogens (primary N) is 1. The van der Waals surface area contributed by atoms with Gasteiger partial charge in [0.05, 0.1) is 24.4 Å². The van der Waals surface area contributed by atoms with Crippen molar-refractivity contribution in [3.05, 3.63) is 23.8 Å². The summed E-state index contributed by atoms with van der Waals surface area (Å²) in [5.41, 5.74) is 5.87. The fourth-order valence-electron chi connectivity index (χ4n) is 1.34.